The Bertz CT molecular complexity index is 916. The highest BCUT2D eigenvalue weighted by Gasteiger charge is 2.24. The van der Waals surface area contributed by atoms with Crippen molar-refractivity contribution in [2.24, 2.45) is 0 Å². The molecule has 0 radical (unpaired) electrons. The van der Waals surface area contributed by atoms with Crippen LogP contribution < -0.4 is 10.2 Å². The molecule has 1 aliphatic heterocycles. The van der Waals surface area contributed by atoms with E-state index in [4.69, 9.17) is 9.26 Å². The van der Waals surface area contributed by atoms with E-state index >= 15 is 0 Å². The molecular formula is C18H19N5O3. The number of ether oxygens (including phenoxy) is 1. The highest BCUT2D eigenvalue weighted by atomic mass is 16.5. The van der Waals surface area contributed by atoms with Gasteiger partial charge < -0.3 is 19.5 Å². The molecule has 2 aromatic heterocycles. The second-order valence-electron chi connectivity index (χ2n) is 6.18. The van der Waals surface area contributed by atoms with E-state index in [0.717, 1.165) is 5.56 Å². The van der Waals surface area contributed by atoms with E-state index in [0.29, 0.717) is 49.8 Å². The summed E-state index contributed by atoms with van der Waals surface area (Å²) in [5.41, 5.74) is 2.70. The van der Waals surface area contributed by atoms with E-state index in [9.17, 15) is 4.79 Å². The molecule has 0 saturated carbocycles. The van der Waals surface area contributed by atoms with Gasteiger partial charge in [-0.3, -0.25) is 4.79 Å². The number of fused-ring (bicyclic) bond motifs is 1. The number of carbonyl (C=O) groups excluding carboxylic acids is 1. The summed E-state index contributed by atoms with van der Waals surface area (Å²) >= 11 is 0. The summed E-state index contributed by atoms with van der Waals surface area (Å²) in [4.78, 5) is 23.2. The maximum atomic E-state index is 12.7. The molecule has 0 spiro atoms. The number of nitrogens with one attached hydrogen (secondary N) is 1. The van der Waals surface area contributed by atoms with E-state index in [2.05, 4.69) is 25.3 Å². The molecule has 1 N–H and O–H groups in total. The first-order valence-corrected chi connectivity index (χ1v) is 8.49. The zero-order valence-electron chi connectivity index (χ0n) is 14.4. The van der Waals surface area contributed by atoms with Crippen LogP contribution in [-0.2, 0) is 11.3 Å². The number of aromatic nitrogens is 3. The third-order valence-electron chi connectivity index (χ3n) is 4.35. The van der Waals surface area contributed by atoms with Crippen LogP contribution in [0.5, 0.6) is 0 Å². The van der Waals surface area contributed by atoms with Gasteiger partial charge in [0.15, 0.2) is 5.69 Å². The van der Waals surface area contributed by atoms with Gasteiger partial charge in [-0.2, -0.15) is 4.98 Å². The molecule has 3 aromatic rings. The molecule has 0 bridgehead atoms. The minimum Gasteiger partial charge on any atom is -0.378 e. The minimum absolute atomic E-state index is 0.203. The average molecular weight is 353 g/mol. The van der Waals surface area contributed by atoms with Crippen LogP contribution in [-0.4, -0.2) is 47.3 Å². The van der Waals surface area contributed by atoms with Gasteiger partial charge in [-0.05, 0) is 12.5 Å². The van der Waals surface area contributed by atoms with Crippen LogP contribution in [0.4, 0.5) is 5.82 Å². The lowest BCUT2D eigenvalue weighted by atomic mass is 10.1. The molecule has 1 aromatic carbocycles. The number of morpholine rings is 1. The maximum Gasteiger partial charge on any atom is 0.274 e. The lowest BCUT2D eigenvalue weighted by molar-refractivity contribution is 0.0943. The summed E-state index contributed by atoms with van der Waals surface area (Å²) in [6, 6.07) is 7.99. The number of aryl methyl sites for hydroxylation is 1. The van der Waals surface area contributed by atoms with E-state index in [1.54, 1.807) is 0 Å². The van der Waals surface area contributed by atoms with Gasteiger partial charge in [-0.25, -0.2) is 4.98 Å². The van der Waals surface area contributed by atoms with Crippen molar-refractivity contribution in [3.63, 3.8) is 0 Å². The van der Waals surface area contributed by atoms with E-state index in [1.807, 2.05) is 31.2 Å². The Hall–Kier alpha value is -3.00. The summed E-state index contributed by atoms with van der Waals surface area (Å²) < 4.78 is 10.6. The standard InChI is InChI=1S/C18H19N5O3/c1-12-2-4-13(5-3-12)10-19-17(24)15-14-16(23-6-8-25-9-7-23)20-11-21-18(14)26-22-15/h2-5,11H,6-10H2,1H3,(H,19,24). The molecule has 0 aliphatic carbocycles. The number of carbonyl (C=O) groups is 1. The van der Waals surface area contributed by atoms with Gasteiger partial charge in [-0.15, -0.1) is 0 Å². The van der Waals surface area contributed by atoms with Crippen LogP contribution in [0.3, 0.4) is 0 Å². The normalized spacial score (nSPS) is 14.6. The predicted octanol–water partition coefficient (Wildman–Crippen LogP) is 1.69. The quantitative estimate of drug-likeness (QED) is 0.763. The third-order valence-corrected chi connectivity index (χ3v) is 4.35. The molecule has 1 amide bonds. The number of benzene rings is 1. The van der Waals surface area contributed by atoms with Crippen molar-refractivity contribution >= 4 is 22.8 Å². The maximum absolute atomic E-state index is 12.7. The molecule has 26 heavy (non-hydrogen) atoms. The second-order valence-corrected chi connectivity index (χ2v) is 6.18. The summed E-state index contributed by atoms with van der Waals surface area (Å²) in [5, 5.41) is 7.35. The lowest BCUT2D eigenvalue weighted by Gasteiger charge is -2.27. The number of anilines is 1. The number of hydrogen-bond acceptors (Lipinski definition) is 7. The fourth-order valence-electron chi connectivity index (χ4n) is 2.91. The predicted molar refractivity (Wildman–Crippen MR) is 95.0 cm³/mol. The molecule has 4 rings (SSSR count). The first-order chi connectivity index (χ1) is 12.7. The Balaban J connectivity index is 1.59. The summed E-state index contributed by atoms with van der Waals surface area (Å²) in [7, 11) is 0. The molecule has 1 saturated heterocycles. The molecule has 0 unspecified atom stereocenters. The van der Waals surface area contributed by atoms with Gasteiger partial charge in [0.1, 0.15) is 17.5 Å². The van der Waals surface area contributed by atoms with Gasteiger partial charge >= 0.3 is 0 Å². The monoisotopic (exact) mass is 353 g/mol. The smallest absolute Gasteiger partial charge is 0.274 e. The molecule has 3 heterocycles. The van der Waals surface area contributed by atoms with E-state index in [-0.39, 0.29) is 11.6 Å². The van der Waals surface area contributed by atoms with Crippen LogP contribution >= 0.6 is 0 Å². The number of rotatable bonds is 4. The Labute approximate surface area is 150 Å². The van der Waals surface area contributed by atoms with Gasteiger partial charge in [0.05, 0.1) is 13.2 Å². The Morgan fingerprint density at radius 2 is 1.96 bits per heavy atom. The zero-order valence-corrected chi connectivity index (χ0v) is 14.4. The number of amides is 1. The largest absolute Gasteiger partial charge is 0.378 e. The van der Waals surface area contributed by atoms with E-state index < -0.39 is 0 Å². The van der Waals surface area contributed by atoms with Crippen molar-refractivity contribution in [3.8, 4) is 0 Å². The van der Waals surface area contributed by atoms with Gasteiger partial charge in [0, 0.05) is 19.6 Å². The summed E-state index contributed by atoms with van der Waals surface area (Å²) in [6.07, 6.45) is 1.42. The Morgan fingerprint density at radius 3 is 2.73 bits per heavy atom. The number of hydrogen-bond donors (Lipinski definition) is 1. The van der Waals surface area contributed by atoms with Crippen LogP contribution in [0.25, 0.3) is 11.1 Å². The van der Waals surface area contributed by atoms with Gasteiger partial charge in [-0.1, -0.05) is 35.0 Å². The van der Waals surface area contributed by atoms with Crippen molar-refractivity contribution in [2.45, 2.75) is 13.5 Å². The molecule has 1 aliphatic rings. The fourth-order valence-corrected chi connectivity index (χ4v) is 2.91. The minimum atomic E-state index is -0.311. The van der Waals surface area contributed by atoms with Crippen LogP contribution in [0.2, 0.25) is 0 Å². The van der Waals surface area contributed by atoms with Crippen LogP contribution in [0.15, 0.2) is 35.1 Å². The molecule has 1 fully saturated rings. The fraction of sp³-hybridized carbons (Fsp3) is 0.333. The highest BCUT2D eigenvalue weighted by molar-refractivity contribution is 6.07. The van der Waals surface area contributed by atoms with Crippen molar-refractivity contribution < 1.29 is 14.1 Å². The molecule has 134 valence electrons. The van der Waals surface area contributed by atoms with Crippen molar-refractivity contribution in [3.05, 3.63) is 47.4 Å². The first kappa shape index (κ1) is 16.5. The van der Waals surface area contributed by atoms with Gasteiger partial charge in [0.2, 0.25) is 0 Å². The third kappa shape index (κ3) is 3.23. The average Bonchev–Trinajstić information content (AvgIpc) is 3.12. The molecule has 0 atom stereocenters. The molecular weight excluding hydrogens is 334 g/mol. The van der Waals surface area contributed by atoms with E-state index in [1.165, 1.54) is 11.9 Å². The van der Waals surface area contributed by atoms with Gasteiger partial charge in [0.25, 0.3) is 11.6 Å². The Kier molecular flexibility index (Phi) is 4.49. The second kappa shape index (κ2) is 7.09. The van der Waals surface area contributed by atoms with Crippen LogP contribution in [0.1, 0.15) is 21.6 Å². The lowest BCUT2D eigenvalue weighted by Crippen LogP contribution is -2.37. The molecule has 8 nitrogen and oxygen atoms in total. The first-order valence-electron chi connectivity index (χ1n) is 8.49. The zero-order chi connectivity index (χ0) is 17.9. The topological polar surface area (TPSA) is 93.4 Å². The Morgan fingerprint density at radius 1 is 1.19 bits per heavy atom. The number of nitrogens with zero attached hydrogens (tertiary/aromatic N) is 4. The molecule has 8 heteroatoms. The van der Waals surface area contributed by atoms with Crippen molar-refractivity contribution in [1.82, 2.24) is 20.4 Å². The van der Waals surface area contributed by atoms with Crippen LogP contribution in [0, 0.1) is 6.92 Å². The highest BCUT2D eigenvalue weighted by Crippen LogP contribution is 2.27. The summed E-state index contributed by atoms with van der Waals surface area (Å²) in [6.45, 7) is 5.06. The van der Waals surface area contributed by atoms with Crippen molar-refractivity contribution in [2.75, 3.05) is 31.2 Å². The van der Waals surface area contributed by atoms with Crippen molar-refractivity contribution in [1.29, 1.82) is 0 Å². The SMILES string of the molecule is Cc1ccc(CNC(=O)c2noc3ncnc(N4CCOCC4)c23)cc1. The summed E-state index contributed by atoms with van der Waals surface area (Å²) in [5.74, 6) is 0.341.